The zero-order valence-corrected chi connectivity index (χ0v) is 5.93. The molecule has 9 heavy (non-hydrogen) atoms. The molecule has 1 rings (SSSR count). The second kappa shape index (κ2) is 2.53. The number of hydrogen-bond acceptors (Lipinski definition) is 1. The minimum Gasteiger partial charge on any atom is -0.393 e. The molecule has 2 atom stereocenters. The van der Waals surface area contributed by atoms with Crippen LogP contribution in [0, 0.1) is 5.92 Å². The Morgan fingerprint density at radius 1 is 1.67 bits per heavy atom. The van der Waals surface area contributed by atoms with Gasteiger partial charge in [0.25, 0.3) is 0 Å². The quantitative estimate of drug-likeness (QED) is 0.490. The van der Waals surface area contributed by atoms with E-state index in [4.69, 9.17) is 0 Å². The molecule has 0 heterocycles. The van der Waals surface area contributed by atoms with E-state index >= 15 is 0 Å². The lowest BCUT2D eigenvalue weighted by molar-refractivity contribution is 0.106. The molecule has 0 unspecified atom stereocenters. The van der Waals surface area contributed by atoms with Gasteiger partial charge in [0.2, 0.25) is 0 Å². The second-order valence-corrected chi connectivity index (χ2v) is 2.91. The standard InChI is InChI=1S/C8H14O/c1-6-4-3-5-8(9)7(6)2/h7-9H,1,3-5H2,2H3/t7-,8-/m1/s1. The number of aliphatic hydroxyl groups excluding tert-OH is 1. The van der Waals surface area contributed by atoms with Gasteiger partial charge in [-0.1, -0.05) is 19.1 Å². The van der Waals surface area contributed by atoms with Crippen LogP contribution in [0.5, 0.6) is 0 Å². The third-order valence-corrected chi connectivity index (χ3v) is 2.22. The summed E-state index contributed by atoms with van der Waals surface area (Å²) in [6.45, 7) is 5.93. The van der Waals surface area contributed by atoms with Gasteiger partial charge < -0.3 is 5.11 Å². The molecule has 1 aliphatic carbocycles. The summed E-state index contributed by atoms with van der Waals surface area (Å²) in [5.74, 6) is 0.332. The summed E-state index contributed by atoms with van der Waals surface area (Å²) in [4.78, 5) is 0. The normalized spacial score (nSPS) is 36.9. The molecule has 52 valence electrons. The summed E-state index contributed by atoms with van der Waals surface area (Å²) in [6, 6.07) is 0. The molecule has 0 radical (unpaired) electrons. The van der Waals surface area contributed by atoms with Gasteiger partial charge in [0.05, 0.1) is 6.10 Å². The van der Waals surface area contributed by atoms with Crippen LogP contribution in [0.1, 0.15) is 26.2 Å². The Hall–Kier alpha value is -0.300. The fraction of sp³-hybridized carbons (Fsp3) is 0.750. The lowest BCUT2D eigenvalue weighted by atomic mass is 9.84. The molecule has 1 N–H and O–H groups in total. The molecular formula is C8H14O. The van der Waals surface area contributed by atoms with Crippen LogP contribution >= 0.6 is 0 Å². The van der Waals surface area contributed by atoms with Crippen molar-refractivity contribution in [3.63, 3.8) is 0 Å². The first-order valence-electron chi connectivity index (χ1n) is 3.57. The maximum atomic E-state index is 9.29. The summed E-state index contributed by atoms with van der Waals surface area (Å²) >= 11 is 0. The van der Waals surface area contributed by atoms with Gasteiger partial charge in [-0.3, -0.25) is 0 Å². The molecule has 0 aromatic heterocycles. The Bertz CT molecular complexity index is 118. The molecule has 0 amide bonds. The van der Waals surface area contributed by atoms with E-state index in [0.29, 0.717) is 5.92 Å². The third kappa shape index (κ3) is 1.33. The average Bonchev–Trinajstić information content (AvgIpc) is 1.83. The molecule has 1 nitrogen and oxygen atoms in total. The van der Waals surface area contributed by atoms with Gasteiger partial charge in [-0.05, 0) is 19.3 Å². The van der Waals surface area contributed by atoms with Crippen molar-refractivity contribution in [1.82, 2.24) is 0 Å². The zero-order chi connectivity index (χ0) is 6.85. The predicted octanol–water partition coefficient (Wildman–Crippen LogP) is 1.72. The van der Waals surface area contributed by atoms with Crippen molar-refractivity contribution in [2.24, 2.45) is 5.92 Å². The van der Waals surface area contributed by atoms with Gasteiger partial charge >= 0.3 is 0 Å². The first-order chi connectivity index (χ1) is 4.22. The molecular weight excluding hydrogens is 112 g/mol. The van der Waals surface area contributed by atoms with Crippen molar-refractivity contribution in [2.75, 3.05) is 0 Å². The molecule has 0 bridgehead atoms. The smallest absolute Gasteiger partial charge is 0.0602 e. The van der Waals surface area contributed by atoms with Crippen LogP contribution in [0.2, 0.25) is 0 Å². The van der Waals surface area contributed by atoms with Crippen LogP contribution in [-0.4, -0.2) is 11.2 Å². The molecule has 0 saturated heterocycles. The summed E-state index contributed by atoms with van der Waals surface area (Å²) in [7, 11) is 0. The van der Waals surface area contributed by atoms with E-state index in [0.717, 1.165) is 19.3 Å². The third-order valence-electron chi connectivity index (χ3n) is 2.22. The van der Waals surface area contributed by atoms with E-state index in [-0.39, 0.29) is 6.10 Å². The van der Waals surface area contributed by atoms with E-state index in [1.807, 2.05) is 6.92 Å². The largest absolute Gasteiger partial charge is 0.393 e. The van der Waals surface area contributed by atoms with Crippen LogP contribution in [0.15, 0.2) is 12.2 Å². The zero-order valence-electron chi connectivity index (χ0n) is 5.93. The van der Waals surface area contributed by atoms with Crippen molar-refractivity contribution < 1.29 is 5.11 Å². The molecule has 1 heteroatoms. The van der Waals surface area contributed by atoms with Crippen LogP contribution in [0.4, 0.5) is 0 Å². The van der Waals surface area contributed by atoms with E-state index in [9.17, 15) is 5.11 Å². The number of hydrogen-bond donors (Lipinski definition) is 1. The Kier molecular flexibility index (Phi) is 1.91. The van der Waals surface area contributed by atoms with Crippen molar-refractivity contribution in [2.45, 2.75) is 32.3 Å². The van der Waals surface area contributed by atoms with Crippen LogP contribution < -0.4 is 0 Å². The van der Waals surface area contributed by atoms with Crippen molar-refractivity contribution in [1.29, 1.82) is 0 Å². The molecule has 0 aromatic rings. The van der Waals surface area contributed by atoms with Gasteiger partial charge in [0.1, 0.15) is 0 Å². The van der Waals surface area contributed by atoms with Crippen molar-refractivity contribution in [3.8, 4) is 0 Å². The minimum absolute atomic E-state index is 0.119. The Labute approximate surface area is 56.4 Å². The first-order valence-corrected chi connectivity index (χ1v) is 3.57. The average molecular weight is 126 g/mol. The van der Waals surface area contributed by atoms with Gasteiger partial charge in [0, 0.05) is 5.92 Å². The molecule has 1 fully saturated rings. The number of aliphatic hydroxyl groups is 1. The highest BCUT2D eigenvalue weighted by Crippen LogP contribution is 2.27. The molecule has 0 aliphatic heterocycles. The van der Waals surface area contributed by atoms with Gasteiger partial charge in [-0.15, -0.1) is 0 Å². The first kappa shape index (κ1) is 6.81. The minimum atomic E-state index is -0.119. The summed E-state index contributed by atoms with van der Waals surface area (Å²) in [6.07, 6.45) is 3.06. The maximum Gasteiger partial charge on any atom is 0.0602 e. The van der Waals surface area contributed by atoms with Gasteiger partial charge in [-0.2, -0.15) is 0 Å². The lowest BCUT2D eigenvalue weighted by Crippen LogP contribution is -2.23. The van der Waals surface area contributed by atoms with E-state index < -0.39 is 0 Å². The fourth-order valence-electron chi connectivity index (χ4n) is 1.29. The molecule has 1 saturated carbocycles. The Morgan fingerprint density at radius 3 is 2.78 bits per heavy atom. The topological polar surface area (TPSA) is 20.2 Å². The number of rotatable bonds is 0. The fourth-order valence-corrected chi connectivity index (χ4v) is 1.29. The molecule has 0 aromatic carbocycles. The molecule has 0 spiro atoms. The summed E-state index contributed by atoms with van der Waals surface area (Å²) in [5.41, 5.74) is 1.22. The highest BCUT2D eigenvalue weighted by Gasteiger charge is 2.20. The SMILES string of the molecule is C=C1CCC[C@@H](O)[C@@H]1C. The summed E-state index contributed by atoms with van der Waals surface area (Å²) in [5, 5.41) is 9.29. The second-order valence-electron chi connectivity index (χ2n) is 2.91. The Morgan fingerprint density at radius 2 is 2.33 bits per heavy atom. The maximum absolute atomic E-state index is 9.29. The van der Waals surface area contributed by atoms with E-state index in [1.54, 1.807) is 0 Å². The van der Waals surface area contributed by atoms with Crippen LogP contribution in [0.25, 0.3) is 0 Å². The Balaban J connectivity index is 2.51. The lowest BCUT2D eigenvalue weighted by Gasteiger charge is -2.26. The highest BCUT2D eigenvalue weighted by atomic mass is 16.3. The highest BCUT2D eigenvalue weighted by molar-refractivity contribution is 5.04. The van der Waals surface area contributed by atoms with Crippen LogP contribution in [0.3, 0.4) is 0 Å². The van der Waals surface area contributed by atoms with Gasteiger partial charge in [0.15, 0.2) is 0 Å². The van der Waals surface area contributed by atoms with Gasteiger partial charge in [-0.25, -0.2) is 0 Å². The molecule has 1 aliphatic rings. The van der Waals surface area contributed by atoms with E-state index in [2.05, 4.69) is 6.58 Å². The summed E-state index contributed by atoms with van der Waals surface area (Å²) < 4.78 is 0. The predicted molar refractivity (Wildman–Crippen MR) is 38.2 cm³/mol. The monoisotopic (exact) mass is 126 g/mol. The van der Waals surface area contributed by atoms with Crippen molar-refractivity contribution >= 4 is 0 Å². The van der Waals surface area contributed by atoms with Crippen molar-refractivity contribution in [3.05, 3.63) is 12.2 Å². The van der Waals surface area contributed by atoms with Crippen LogP contribution in [-0.2, 0) is 0 Å². The van der Waals surface area contributed by atoms with E-state index in [1.165, 1.54) is 5.57 Å².